The molecular weight excluding hydrogens is 449 g/mol. The molecule has 1 N–H and O–H groups in total. The van der Waals surface area contributed by atoms with E-state index in [1.54, 1.807) is 6.07 Å². The van der Waals surface area contributed by atoms with Crippen molar-refractivity contribution in [2.75, 3.05) is 18.9 Å². The van der Waals surface area contributed by atoms with Crippen LogP contribution in [0.4, 0.5) is 11.4 Å². The van der Waals surface area contributed by atoms with Crippen molar-refractivity contribution < 1.29 is 14.5 Å². The summed E-state index contributed by atoms with van der Waals surface area (Å²) in [5.41, 5.74) is 0.304. The molecule has 2 amide bonds. The van der Waals surface area contributed by atoms with Gasteiger partial charge in [0.05, 0.1) is 26.0 Å². The number of carbonyl (C=O) groups is 2. The Morgan fingerprint density at radius 1 is 1.19 bits per heavy atom. The van der Waals surface area contributed by atoms with E-state index in [1.807, 2.05) is 0 Å². The Bertz CT molecular complexity index is 892. The van der Waals surface area contributed by atoms with Crippen LogP contribution in [0.5, 0.6) is 0 Å². The van der Waals surface area contributed by atoms with Gasteiger partial charge in [0.1, 0.15) is 0 Å². The molecule has 2 rings (SSSR count). The number of likely N-dealkylation sites (N-methyl/N-ethyl adjacent to an activating group) is 1. The molecule has 0 atom stereocenters. The van der Waals surface area contributed by atoms with Crippen LogP contribution in [0.25, 0.3) is 0 Å². The van der Waals surface area contributed by atoms with Crippen molar-refractivity contribution in [2.24, 2.45) is 0 Å². The molecule has 136 valence electrons. The summed E-state index contributed by atoms with van der Waals surface area (Å²) in [6.07, 6.45) is 0. The Labute approximate surface area is 167 Å². The van der Waals surface area contributed by atoms with Gasteiger partial charge in [0.2, 0.25) is 5.91 Å². The highest BCUT2D eigenvalue weighted by molar-refractivity contribution is 9.10. The maximum Gasteiger partial charge on any atom is 0.284 e. The fourth-order valence-electron chi connectivity index (χ4n) is 2.07. The first-order chi connectivity index (χ1) is 12.2. The summed E-state index contributed by atoms with van der Waals surface area (Å²) >= 11 is 14.7. The number of hydrogen-bond acceptors (Lipinski definition) is 4. The minimum Gasteiger partial charge on any atom is -0.332 e. The fraction of sp³-hybridized carbons (Fsp3) is 0.125. The number of rotatable bonds is 5. The monoisotopic (exact) mass is 459 g/mol. The smallest absolute Gasteiger partial charge is 0.284 e. The molecule has 0 unspecified atom stereocenters. The minimum absolute atomic E-state index is 0.102. The van der Waals surface area contributed by atoms with Gasteiger partial charge < -0.3 is 10.2 Å². The summed E-state index contributed by atoms with van der Waals surface area (Å²) in [6.45, 7) is -0.247. The number of carbonyl (C=O) groups excluding carboxylic acids is 2. The molecule has 7 nitrogen and oxygen atoms in total. The summed E-state index contributed by atoms with van der Waals surface area (Å²) in [5.74, 6) is -0.976. The van der Waals surface area contributed by atoms with E-state index in [4.69, 9.17) is 23.2 Å². The van der Waals surface area contributed by atoms with Crippen molar-refractivity contribution in [2.45, 2.75) is 0 Å². The summed E-state index contributed by atoms with van der Waals surface area (Å²) in [7, 11) is 1.42. The highest BCUT2D eigenvalue weighted by atomic mass is 79.9. The second kappa shape index (κ2) is 8.48. The third-order valence-electron chi connectivity index (χ3n) is 3.32. The van der Waals surface area contributed by atoms with Gasteiger partial charge in [-0.05, 0) is 46.3 Å². The number of benzene rings is 2. The van der Waals surface area contributed by atoms with Crippen LogP contribution < -0.4 is 5.32 Å². The number of nitro groups is 1. The molecular formula is C16H12BrCl2N3O4. The third-order valence-corrected chi connectivity index (χ3v) is 4.73. The Balaban J connectivity index is 2.06. The molecule has 2 aromatic rings. The average molecular weight is 461 g/mol. The lowest BCUT2D eigenvalue weighted by molar-refractivity contribution is -0.385. The molecule has 0 aromatic heterocycles. The lowest BCUT2D eigenvalue weighted by atomic mass is 10.2. The van der Waals surface area contributed by atoms with Gasteiger partial charge in [-0.3, -0.25) is 19.7 Å². The van der Waals surface area contributed by atoms with Crippen molar-refractivity contribution in [1.82, 2.24) is 4.90 Å². The van der Waals surface area contributed by atoms with E-state index in [0.717, 1.165) is 11.0 Å². The molecule has 0 saturated heterocycles. The van der Waals surface area contributed by atoms with Crippen molar-refractivity contribution in [3.05, 3.63) is 66.6 Å². The highest BCUT2D eigenvalue weighted by Crippen LogP contribution is 2.26. The zero-order valence-electron chi connectivity index (χ0n) is 13.3. The Morgan fingerprint density at radius 3 is 2.50 bits per heavy atom. The first-order valence-corrected chi connectivity index (χ1v) is 8.68. The van der Waals surface area contributed by atoms with Gasteiger partial charge in [-0.15, -0.1) is 0 Å². The van der Waals surface area contributed by atoms with Crippen LogP contribution in [0.3, 0.4) is 0 Å². The zero-order valence-corrected chi connectivity index (χ0v) is 16.4. The lowest BCUT2D eigenvalue weighted by Crippen LogP contribution is -2.34. The molecule has 0 radical (unpaired) electrons. The Kier molecular flexibility index (Phi) is 6.57. The number of nitrogens with zero attached hydrogens (tertiary/aromatic N) is 2. The molecule has 0 aliphatic rings. The zero-order chi connectivity index (χ0) is 19.4. The average Bonchev–Trinajstić information content (AvgIpc) is 2.57. The molecule has 0 heterocycles. The molecule has 0 bridgehead atoms. The summed E-state index contributed by atoms with van der Waals surface area (Å²) < 4.78 is 0.263. The van der Waals surface area contributed by atoms with E-state index >= 15 is 0 Å². The Morgan fingerprint density at radius 2 is 1.88 bits per heavy atom. The van der Waals surface area contributed by atoms with E-state index in [2.05, 4.69) is 21.2 Å². The standard InChI is InChI=1S/C16H12BrCl2N3O4/c1-21(8-15(23)20-10-3-5-12(18)13(19)7-10)16(24)9-2-4-11(17)14(6-9)22(25)26/h2-7H,8H2,1H3,(H,20,23). The molecule has 26 heavy (non-hydrogen) atoms. The topological polar surface area (TPSA) is 92.6 Å². The number of nitrogens with one attached hydrogen (secondary N) is 1. The van der Waals surface area contributed by atoms with Crippen LogP contribution in [-0.2, 0) is 4.79 Å². The van der Waals surface area contributed by atoms with E-state index in [9.17, 15) is 19.7 Å². The minimum atomic E-state index is -0.599. The van der Waals surface area contributed by atoms with E-state index in [-0.39, 0.29) is 27.3 Å². The molecule has 0 fully saturated rings. The van der Waals surface area contributed by atoms with Gasteiger partial charge in [-0.2, -0.15) is 0 Å². The van der Waals surface area contributed by atoms with Crippen LogP contribution >= 0.6 is 39.1 Å². The van der Waals surface area contributed by atoms with Crippen LogP contribution in [0, 0.1) is 10.1 Å². The predicted molar refractivity (Wildman–Crippen MR) is 103 cm³/mol. The maximum absolute atomic E-state index is 12.4. The SMILES string of the molecule is CN(CC(=O)Nc1ccc(Cl)c(Cl)c1)C(=O)c1ccc(Br)c([N+](=O)[O-])c1. The van der Waals surface area contributed by atoms with Crippen LogP contribution in [-0.4, -0.2) is 35.2 Å². The van der Waals surface area contributed by atoms with E-state index in [1.165, 1.54) is 31.3 Å². The second-order valence-electron chi connectivity index (χ2n) is 5.26. The molecule has 0 spiro atoms. The van der Waals surface area contributed by atoms with Gasteiger partial charge >= 0.3 is 0 Å². The van der Waals surface area contributed by atoms with Crippen LogP contribution in [0.15, 0.2) is 40.9 Å². The highest BCUT2D eigenvalue weighted by Gasteiger charge is 2.20. The number of halogens is 3. The normalized spacial score (nSPS) is 10.3. The van der Waals surface area contributed by atoms with Crippen LogP contribution in [0.2, 0.25) is 10.0 Å². The number of amides is 2. The maximum atomic E-state index is 12.4. The molecule has 0 aliphatic heterocycles. The van der Waals surface area contributed by atoms with Gasteiger partial charge in [0, 0.05) is 24.4 Å². The molecule has 10 heteroatoms. The number of hydrogen-bond donors (Lipinski definition) is 1. The van der Waals surface area contributed by atoms with Gasteiger partial charge in [0.25, 0.3) is 11.6 Å². The summed E-state index contributed by atoms with van der Waals surface area (Å²) in [5, 5.41) is 14.2. The predicted octanol–water partition coefficient (Wildman–Crippen LogP) is 4.37. The van der Waals surface area contributed by atoms with Gasteiger partial charge in [-0.25, -0.2) is 0 Å². The number of anilines is 1. The molecule has 0 saturated carbocycles. The Hall–Kier alpha value is -2.16. The van der Waals surface area contributed by atoms with Crippen molar-refractivity contribution in [1.29, 1.82) is 0 Å². The van der Waals surface area contributed by atoms with Crippen molar-refractivity contribution in [3.8, 4) is 0 Å². The quantitative estimate of drug-likeness (QED) is 0.529. The largest absolute Gasteiger partial charge is 0.332 e. The van der Waals surface area contributed by atoms with Gasteiger partial charge in [0.15, 0.2) is 0 Å². The van der Waals surface area contributed by atoms with Gasteiger partial charge in [-0.1, -0.05) is 23.2 Å². The number of nitro benzene ring substituents is 1. The summed E-state index contributed by atoms with van der Waals surface area (Å²) in [4.78, 5) is 36.0. The first kappa shape index (κ1) is 20.2. The van der Waals surface area contributed by atoms with Crippen LogP contribution in [0.1, 0.15) is 10.4 Å². The summed E-state index contributed by atoms with van der Waals surface area (Å²) in [6, 6.07) is 8.60. The van der Waals surface area contributed by atoms with E-state index < -0.39 is 16.7 Å². The van der Waals surface area contributed by atoms with Crippen molar-refractivity contribution in [3.63, 3.8) is 0 Å². The van der Waals surface area contributed by atoms with Crippen molar-refractivity contribution >= 4 is 62.3 Å². The fourth-order valence-corrected chi connectivity index (χ4v) is 2.76. The molecule has 0 aliphatic carbocycles. The van der Waals surface area contributed by atoms with E-state index in [0.29, 0.717) is 10.7 Å². The lowest BCUT2D eigenvalue weighted by Gasteiger charge is -2.17. The third kappa shape index (κ3) is 4.94. The first-order valence-electron chi connectivity index (χ1n) is 7.13. The molecule has 2 aromatic carbocycles. The second-order valence-corrected chi connectivity index (χ2v) is 6.93.